The average Bonchev–Trinajstić information content (AvgIpc) is 1.66. The highest BCUT2D eigenvalue weighted by Gasteiger charge is 2.24. The third kappa shape index (κ3) is 1.00. The lowest BCUT2D eigenvalue weighted by Gasteiger charge is -2.38. The van der Waals surface area contributed by atoms with Crippen molar-refractivity contribution in [3.05, 3.63) is 0 Å². The monoisotopic (exact) mass is 131 g/mol. The molecule has 48 valence electrons. The summed E-state index contributed by atoms with van der Waals surface area (Å²) in [6.45, 7) is 3.56. The van der Waals surface area contributed by atoms with E-state index in [2.05, 4.69) is 17.5 Å². The summed E-state index contributed by atoms with van der Waals surface area (Å²) >= 11 is 1.88. The molecule has 0 radical (unpaired) electrons. The molecule has 1 aliphatic heterocycles. The lowest BCUT2D eigenvalue weighted by Crippen LogP contribution is -2.41. The fraction of sp³-hybridized carbons (Fsp3) is 1.00. The Hall–Kier alpha value is 0.310. The van der Waals surface area contributed by atoms with Crippen LogP contribution in [-0.2, 0) is 0 Å². The molecule has 0 saturated carbocycles. The van der Waals surface area contributed by atoms with Crippen LogP contribution in [0, 0.1) is 0 Å². The van der Waals surface area contributed by atoms with Gasteiger partial charge in [-0.2, -0.15) is 0 Å². The molecule has 0 N–H and O–H groups in total. The molecule has 1 nitrogen and oxygen atoms in total. The molecule has 1 saturated heterocycles. The van der Waals surface area contributed by atoms with Gasteiger partial charge in [0.15, 0.2) is 0 Å². The van der Waals surface area contributed by atoms with Crippen LogP contribution in [0.4, 0.5) is 0 Å². The van der Waals surface area contributed by atoms with Gasteiger partial charge >= 0.3 is 0 Å². The van der Waals surface area contributed by atoms with E-state index >= 15 is 0 Å². The van der Waals surface area contributed by atoms with Crippen LogP contribution in [0.5, 0.6) is 0 Å². The van der Waals surface area contributed by atoms with Crippen molar-refractivity contribution < 1.29 is 0 Å². The van der Waals surface area contributed by atoms with E-state index in [0.29, 0.717) is 0 Å². The van der Waals surface area contributed by atoms with Crippen molar-refractivity contribution in [3.63, 3.8) is 0 Å². The SMILES string of the molecule is CCC1CCN1SC. The Balaban J connectivity index is 2.16. The molecule has 1 fully saturated rings. The molecule has 0 amide bonds. The van der Waals surface area contributed by atoms with Crippen molar-refractivity contribution in [1.82, 2.24) is 4.31 Å². The van der Waals surface area contributed by atoms with E-state index in [4.69, 9.17) is 0 Å². The number of hydrogen-bond acceptors (Lipinski definition) is 2. The molecule has 1 heterocycles. The zero-order valence-electron chi connectivity index (χ0n) is 5.55. The number of rotatable bonds is 2. The first-order valence-electron chi connectivity index (χ1n) is 3.19. The maximum Gasteiger partial charge on any atom is 0.0212 e. The van der Waals surface area contributed by atoms with E-state index in [9.17, 15) is 0 Å². The second kappa shape index (κ2) is 2.74. The molecule has 0 aromatic carbocycles. The van der Waals surface area contributed by atoms with Gasteiger partial charge in [0, 0.05) is 12.6 Å². The van der Waals surface area contributed by atoms with Crippen LogP contribution in [0.1, 0.15) is 19.8 Å². The molecule has 1 aliphatic rings. The molecule has 0 bridgehead atoms. The van der Waals surface area contributed by atoms with E-state index in [1.54, 1.807) is 0 Å². The topological polar surface area (TPSA) is 3.24 Å². The van der Waals surface area contributed by atoms with Gasteiger partial charge in [-0.05, 0) is 19.1 Å². The van der Waals surface area contributed by atoms with Gasteiger partial charge in [-0.3, -0.25) is 0 Å². The van der Waals surface area contributed by atoms with Crippen molar-refractivity contribution in [1.29, 1.82) is 0 Å². The van der Waals surface area contributed by atoms with E-state index in [1.807, 2.05) is 11.9 Å². The molecular formula is C6H13NS. The summed E-state index contributed by atoms with van der Waals surface area (Å²) in [5.41, 5.74) is 0. The first-order valence-corrected chi connectivity index (χ1v) is 4.37. The van der Waals surface area contributed by atoms with Crippen LogP contribution in [0.25, 0.3) is 0 Å². The third-order valence-electron chi connectivity index (χ3n) is 1.80. The van der Waals surface area contributed by atoms with Crippen molar-refractivity contribution in [2.75, 3.05) is 12.8 Å². The van der Waals surface area contributed by atoms with Crippen LogP contribution in [-0.4, -0.2) is 23.1 Å². The van der Waals surface area contributed by atoms with Gasteiger partial charge in [0.05, 0.1) is 0 Å². The molecule has 2 heteroatoms. The molecule has 1 atom stereocenters. The second-order valence-electron chi connectivity index (χ2n) is 2.17. The highest BCUT2D eigenvalue weighted by Crippen LogP contribution is 2.25. The lowest BCUT2D eigenvalue weighted by molar-refractivity contribution is 0.215. The molecule has 0 spiro atoms. The first kappa shape index (κ1) is 6.43. The predicted octanol–water partition coefficient (Wildman–Crippen LogP) is 1.75. The van der Waals surface area contributed by atoms with Crippen LogP contribution in [0.15, 0.2) is 0 Å². The van der Waals surface area contributed by atoms with Crippen molar-refractivity contribution in [3.8, 4) is 0 Å². The first-order chi connectivity index (χ1) is 3.88. The van der Waals surface area contributed by atoms with E-state index < -0.39 is 0 Å². The zero-order chi connectivity index (χ0) is 5.98. The van der Waals surface area contributed by atoms with Gasteiger partial charge in [-0.25, -0.2) is 4.31 Å². The maximum atomic E-state index is 2.44. The van der Waals surface area contributed by atoms with Gasteiger partial charge < -0.3 is 0 Å². The normalized spacial score (nSPS) is 30.0. The summed E-state index contributed by atoms with van der Waals surface area (Å²) in [5.74, 6) is 0. The number of hydrogen-bond donors (Lipinski definition) is 0. The predicted molar refractivity (Wildman–Crippen MR) is 38.9 cm³/mol. The van der Waals surface area contributed by atoms with Gasteiger partial charge in [0.2, 0.25) is 0 Å². The van der Waals surface area contributed by atoms with Crippen LogP contribution < -0.4 is 0 Å². The summed E-state index contributed by atoms with van der Waals surface area (Å²) in [4.78, 5) is 0. The second-order valence-corrected chi connectivity index (χ2v) is 3.01. The minimum Gasteiger partial charge on any atom is -0.248 e. The minimum absolute atomic E-state index is 0.894. The molecule has 0 aromatic rings. The highest BCUT2D eigenvalue weighted by molar-refractivity contribution is 7.96. The molecular weight excluding hydrogens is 118 g/mol. The van der Waals surface area contributed by atoms with Crippen molar-refractivity contribution >= 4 is 11.9 Å². The molecule has 1 unspecified atom stereocenters. The van der Waals surface area contributed by atoms with Crippen molar-refractivity contribution in [2.24, 2.45) is 0 Å². The summed E-state index contributed by atoms with van der Waals surface area (Å²) in [6.07, 6.45) is 4.89. The van der Waals surface area contributed by atoms with E-state index in [1.165, 1.54) is 19.4 Å². The Bertz CT molecular complexity index is 60.9. The molecule has 0 aliphatic carbocycles. The third-order valence-corrected chi connectivity index (χ3v) is 2.75. The fourth-order valence-electron chi connectivity index (χ4n) is 1.07. The zero-order valence-corrected chi connectivity index (χ0v) is 6.37. The van der Waals surface area contributed by atoms with Gasteiger partial charge in [-0.15, -0.1) is 0 Å². The average molecular weight is 131 g/mol. The standard InChI is InChI=1S/C6H13NS/c1-3-6-4-5-7(6)8-2/h6H,3-5H2,1-2H3. The number of nitrogens with zero attached hydrogens (tertiary/aromatic N) is 1. The Morgan fingerprint density at radius 3 is 2.62 bits per heavy atom. The Labute approximate surface area is 55.6 Å². The summed E-state index contributed by atoms with van der Waals surface area (Å²) in [7, 11) is 0. The maximum absolute atomic E-state index is 2.44. The Morgan fingerprint density at radius 2 is 2.50 bits per heavy atom. The van der Waals surface area contributed by atoms with Crippen LogP contribution in [0.2, 0.25) is 0 Å². The van der Waals surface area contributed by atoms with Gasteiger partial charge in [0.1, 0.15) is 0 Å². The van der Waals surface area contributed by atoms with Crippen LogP contribution in [0.3, 0.4) is 0 Å². The summed E-state index contributed by atoms with van der Waals surface area (Å²) < 4.78 is 2.44. The highest BCUT2D eigenvalue weighted by atomic mass is 32.2. The molecule has 8 heavy (non-hydrogen) atoms. The summed E-state index contributed by atoms with van der Waals surface area (Å²) in [6, 6.07) is 0.894. The van der Waals surface area contributed by atoms with Gasteiger partial charge in [-0.1, -0.05) is 18.9 Å². The largest absolute Gasteiger partial charge is 0.248 e. The minimum atomic E-state index is 0.894. The van der Waals surface area contributed by atoms with E-state index in [0.717, 1.165) is 6.04 Å². The van der Waals surface area contributed by atoms with Crippen molar-refractivity contribution in [2.45, 2.75) is 25.8 Å². The van der Waals surface area contributed by atoms with Crippen LogP contribution >= 0.6 is 11.9 Å². The molecule has 1 rings (SSSR count). The molecule has 0 aromatic heterocycles. The summed E-state index contributed by atoms with van der Waals surface area (Å²) in [5, 5.41) is 0. The fourth-order valence-corrected chi connectivity index (χ4v) is 1.91. The Kier molecular flexibility index (Phi) is 2.20. The van der Waals surface area contributed by atoms with Gasteiger partial charge in [0.25, 0.3) is 0 Å². The lowest BCUT2D eigenvalue weighted by atomic mass is 10.1. The Morgan fingerprint density at radius 1 is 1.75 bits per heavy atom. The smallest absolute Gasteiger partial charge is 0.0212 e. The van der Waals surface area contributed by atoms with E-state index in [-0.39, 0.29) is 0 Å². The quantitative estimate of drug-likeness (QED) is 0.525.